The van der Waals surface area contributed by atoms with Crippen molar-refractivity contribution >= 4 is 11.7 Å². The number of nitrogens with two attached hydrogens (primary N) is 1. The Bertz CT molecular complexity index is 276. The van der Waals surface area contributed by atoms with E-state index in [1.54, 1.807) is 4.90 Å². The van der Waals surface area contributed by atoms with Gasteiger partial charge in [0.15, 0.2) is 5.78 Å². The Morgan fingerprint density at radius 2 is 1.61 bits per heavy atom. The molecule has 0 aromatic rings. The summed E-state index contributed by atoms with van der Waals surface area (Å²) in [5, 5.41) is 0. The van der Waals surface area contributed by atoms with Gasteiger partial charge in [0.05, 0.1) is 6.04 Å². The molecule has 1 unspecified atom stereocenters. The molecule has 1 aliphatic heterocycles. The maximum atomic E-state index is 11.8. The molecule has 4 heteroatoms. The molecule has 0 aromatic heterocycles. The Hall–Kier alpha value is -0.900. The predicted octanol–water partition coefficient (Wildman–Crippen LogP) is 1.97. The van der Waals surface area contributed by atoms with Gasteiger partial charge in [0.25, 0.3) is 0 Å². The third-order valence-corrected chi connectivity index (χ3v) is 2.93. The van der Waals surface area contributed by atoms with Gasteiger partial charge in [0.1, 0.15) is 0 Å². The van der Waals surface area contributed by atoms with E-state index in [2.05, 4.69) is 0 Å². The fourth-order valence-electron chi connectivity index (χ4n) is 1.93. The lowest BCUT2D eigenvalue weighted by molar-refractivity contribution is -0.135. The number of carbonyl (C=O) groups is 2. The lowest BCUT2D eigenvalue weighted by Gasteiger charge is -2.23. The van der Waals surface area contributed by atoms with Gasteiger partial charge in [-0.3, -0.25) is 9.59 Å². The number of Topliss-reactive ketones (excluding diaryl/α,β-unsaturated/α-hetero) is 1. The van der Waals surface area contributed by atoms with Crippen LogP contribution in [0.4, 0.5) is 0 Å². The number of likely N-dealkylation sites (tertiary alicyclic amines) is 1. The molecule has 106 valence electrons. The Balaban J connectivity index is 0.00000137. The second kappa shape index (κ2) is 7.52. The van der Waals surface area contributed by atoms with E-state index in [1.807, 2.05) is 34.6 Å². The van der Waals surface area contributed by atoms with Crippen LogP contribution in [0.5, 0.6) is 0 Å². The van der Waals surface area contributed by atoms with Crippen LogP contribution in [0.15, 0.2) is 0 Å². The first kappa shape index (κ1) is 17.1. The molecule has 0 spiro atoms. The Labute approximate surface area is 111 Å². The smallest absolute Gasteiger partial charge is 0.224 e. The van der Waals surface area contributed by atoms with E-state index in [1.165, 1.54) is 0 Å². The van der Waals surface area contributed by atoms with Crippen LogP contribution in [0.2, 0.25) is 0 Å². The monoisotopic (exact) mass is 256 g/mol. The summed E-state index contributed by atoms with van der Waals surface area (Å²) in [6, 6.07) is -0.659. The summed E-state index contributed by atoms with van der Waals surface area (Å²) < 4.78 is 0. The first-order valence-corrected chi connectivity index (χ1v) is 6.90. The molecule has 0 radical (unpaired) electrons. The zero-order valence-electron chi connectivity index (χ0n) is 12.5. The topological polar surface area (TPSA) is 63.4 Å². The number of amides is 1. The van der Waals surface area contributed by atoms with Crippen LogP contribution in [0, 0.1) is 5.41 Å². The van der Waals surface area contributed by atoms with E-state index in [0.717, 1.165) is 25.9 Å². The third-order valence-electron chi connectivity index (χ3n) is 2.93. The number of hydrogen-bond acceptors (Lipinski definition) is 3. The van der Waals surface area contributed by atoms with Crippen LogP contribution in [0.25, 0.3) is 0 Å². The second-order valence-corrected chi connectivity index (χ2v) is 5.51. The first-order valence-electron chi connectivity index (χ1n) is 6.90. The van der Waals surface area contributed by atoms with E-state index in [4.69, 9.17) is 5.73 Å². The maximum Gasteiger partial charge on any atom is 0.224 e. The highest BCUT2D eigenvalue weighted by atomic mass is 16.2. The van der Waals surface area contributed by atoms with Crippen LogP contribution < -0.4 is 5.73 Å². The van der Waals surface area contributed by atoms with Crippen LogP contribution >= 0.6 is 0 Å². The van der Waals surface area contributed by atoms with Crippen molar-refractivity contribution in [1.29, 1.82) is 0 Å². The zero-order valence-corrected chi connectivity index (χ0v) is 12.5. The normalized spacial score (nSPS) is 16.9. The summed E-state index contributed by atoms with van der Waals surface area (Å²) in [5.41, 5.74) is 5.31. The highest BCUT2D eigenvalue weighted by molar-refractivity contribution is 5.92. The first-order chi connectivity index (χ1) is 8.32. The number of ketones is 1. The summed E-state index contributed by atoms with van der Waals surface area (Å²) in [6.45, 7) is 11.1. The molecular weight excluding hydrogens is 228 g/mol. The zero-order chi connectivity index (χ0) is 14.3. The molecule has 1 rings (SSSR count). The Morgan fingerprint density at radius 1 is 1.17 bits per heavy atom. The molecule has 1 amide bonds. The Morgan fingerprint density at radius 3 is 2.00 bits per heavy atom. The van der Waals surface area contributed by atoms with Gasteiger partial charge >= 0.3 is 0 Å². The van der Waals surface area contributed by atoms with Gasteiger partial charge in [-0.05, 0) is 12.8 Å². The van der Waals surface area contributed by atoms with Crippen molar-refractivity contribution < 1.29 is 9.59 Å². The molecule has 0 aliphatic carbocycles. The molecule has 1 aliphatic rings. The highest BCUT2D eigenvalue weighted by Gasteiger charge is 2.30. The molecule has 1 fully saturated rings. The standard InChI is InChI=1S/C12H22N2O2.C2H6/c1-12(2,3)11(16)9(13)8-10(15)14-6-4-5-7-14;1-2/h9H,4-8,13H2,1-3H3;1-2H3. The molecule has 0 aromatic carbocycles. The van der Waals surface area contributed by atoms with Crippen molar-refractivity contribution in [3.63, 3.8) is 0 Å². The summed E-state index contributed by atoms with van der Waals surface area (Å²) in [6.07, 6.45) is 2.28. The molecular formula is C14H28N2O2. The van der Waals surface area contributed by atoms with E-state index >= 15 is 0 Å². The summed E-state index contributed by atoms with van der Waals surface area (Å²) in [4.78, 5) is 25.4. The summed E-state index contributed by atoms with van der Waals surface area (Å²) in [7, 11) is 0. The van der Waals surface area contributed by atoms with Gasteiger partial charge < -0.3 is 10.6 Å². The number of hydrogen-bond donors (Lipinski definition) is 1. The average Bonchev–Trinajstić information content (AvgIpc) is 2.82. The molecule has 2 N–H and O–H groups in total. The molecule has 0 saturated carbocycles. The lowest BCUT2D eigenvalue weighted by Crippen LogP contribution is -2.43. The molecule has 1 saturated heterocycles. The minimum Gasteiger partial charge on any atom is -0.343 e. The van der Waals surface area contributed by atoms with Gasteiger partial charge in [-0.15, -0.1) is 0 Å². The third kappa shape index (κ3) is 5.17. The molecule has 0 bridgehead atoms. The van der Waals surface area contributed by atoms with Crippen molar-refractivity contribution in [2.75, 3.05) is 13.1 Å². The lowest BCUT2D eigenvalue weighted by atomic mass is 9.85. The van der Waals surface area contributed by atoms with Crippen LogP contribution in [-0.2, 0) is 9.59 Å². The minimum absolute atomic E-state index is 0.0163. The molecule has 1 heterocycles. The van der Waals surface area contributed by atoms with E-state index in [9.17, 15) is 9.59 Å². The van der Waals surface area contributed by atoms with Crippen molar-refractivity contribution in [1.82, 2.24) is 4.90 Å². The van der Waals surface area contributed by atoms with Crippen molar-refractivity contribution in [3.05, 3.63) is 0 Å². The SMILES string of the molecule is CC.CC(C)(C)C(=O)C(N)CC(=O)N1CCCC1. The van der Waals surface area contributed by atoms with Gasteiger partial charge in [0.2, 0.25) is 5.91 Å². The quantitative estimate of drug-likeness (QED) is 0.839. The largest absolute Gasteiger partial charge is 0.343 e. The second-order valence-electron chi connectivity index (χ2n) is 5.51. The van der Waals surface area contributed by atoms with Crippen molar-refractivity contribution in [3.8, 4) is 0 Å². The van der Waals surface area contributed by atoms with E-state index in [-0.39, 0.29) is 18.1 Å². The minimum atomic E-state index is -0.659. The average molecular weight is 256 g/mol. The summed E-state index contributed by atoms with van der Waals surface area (Å²) >= 11 is 0. The highest BCUT2D eigenvalue weighted by Crippen LogP contribution is 2.18. The number of nitrogens with zero attached hydrogens (tertiary/aromatic N) is 1. The van der Waals surface area contributed by atoms with Crippen molar-refractivity contribution in [2.45, 2.75) is 59.9 Å². The fourth-order valence-corrected chi connectivity index (χ4v) is 1.93. The van der Waals surface area contributed by atoms with Crippen molar-refractivity contribution in [2.24, 2.45) is 11.1 Å². The van der Waals surface area contributed by atoms with Crippen LogP contribution in [-0.4, -0.2) is 35.7 Å². The maximum absolute atomic E-state index is 11.8. The Kier molecular flexibility index (Phi) is 7.14. The fraction of sp³-hybridized carbons (Fsp3) is 0.857. The predicted molar refractivity (Wildman–Crippen MR) is 74.2 cm³/mol. The molecule has 1 atom stereocenters. The van der Waals surface area contributed by atoms with Crippen LogP contribution in [0.3, 0.4) is 0 Å². The van der Waals surface area contributed by atoms with Crippen LogP contribution in [0.1, 0.15) is 53.9 Å². The van der Waals surface area contributed by atoms with Gasteiger partial charge in [-0.2, -0.15) is 0 Å². The van der Waals surface area contributed by atoms with Gasteiger partial charge in [-0.1, -0.05) is 34.6 Å². The van der Waals surface area contributed by atoms with E-state index in [0.29, 0.717) is 0 Å². The summed E-state index contributed by atoms with van der Waals surface area (Å²) in [5.74, 6) is -0.0253. The van der Waals surface area contributed by atoms with Gasteiger partial charge in [0, 0.05) is 24.9 Å². The van der Waals surface area contributed by atoms with Gasteiger partial charge in [-0.25, -0.2) is 0 Å². The van der Waals surface area contributed by atoms with E-state index < -0.39 is 11.5 Å². The molecule has 18 heavy (non-hydrogen) atoms. The number of carbonyl (C=O) groups excluding carboxylic acids is 2. The number of rotatable bonds is 3. The molecule has 4 nitrogen and oxygen atoms in total.